The molecule has 106 valence electrons. The van der Waals surface area contributed by atoms with Crippen LogP contribution in [0.1, 0.15) is 24.3 Å². The Labute approximate surface area is 120 Å². The number of rotatable bonds is 4. The van der Waals surface area contributed by atoms with Gasteiger partial charge in [0, 0.05) is 32.4 Å². The van der Waals surface area contributed by atoms with Crippen LogP contribution in [0.25, 0.3) is 0 Å². The van der Waals surface area contributed by atoms with E-state index in [4.69, 9.17) is 4.74 Å². The van der Waals surface area contributed by atoms with E-state index in [9.17, 15) is 0 Å². The standard InChI is InChI=1S/C16H21N3O/c1-2-19-9-8-15(17-19)12-18-10-11-20-16(13-18)14-6-4-3-5-7-14/h3-9,16H,2,10-13H2,1H3. The van der Waals surface area contributed by atoms with Gasteiger partial charge < -0.3 is 4.74 Å². The zero-order valence-corrected chi connectivity index (χ0v) is 11.9. The van der Waals surface area contributed by atoms with Gasteiger partial charge in [0.05, 0.1) is 18.4 Å². The van der Waals surface area contributed by atoms with Crippen molar-refractivity contribution in [2.75, 3.05) is 19.7 Å². The Balaban J connectivity index is 1.63. The summed E-state index contributed by atoms with van der Waals surface area (Å²) in [6, 6.07) is 12.6. The van der Waals surface area contributed by atoms with E-state index in [1.54, 1.807) is 0 Å². The highest BCUT2D eigenvalue weighted by molar-refractivity contribution is 5.18. The van der Waals surface area contributed by atoms with E-state index in [0.717, 1.165) is 38.5 Å². The second-order valence-corrected chi connectivity index (χ2v) is 5.17. The predicted octanol–water partition coefficient (Wildman–Crippen LogP) is 2.48. The molecule has 1 saturated heterocycles. The Bertz CT molecular complexity index is 538. The molecule has 0 aliphatic carbocycles. The summed E-state index contributed by atoms with van der Waals surface area (Å²) < 4.78 is 7.87. The molecule has 0 N–H and O–H groups in total. The van der Waals surface area contributed by atoms with E-state index in [2.05, 4.69) is 47.3 Å². The third kappa shape index (κ3) is 3.08. The van der Waals surface area contributed by atoms with Crippen molar-refractivity contribution in [1.82, 2.24) is 14.7 Å². The minimum absolute atomic E-state index is 0.179. The summed E-state index contributed by atoms with van der Waals surface area (Å²) in [6.45, 7) is 6.63. The van der Waals surface area contributed by atoms with Gasteiger partial charge in [0.15, 0.2) is 0 Å². The molecule has 4 heteroatoms. The van der Waals surface area contributed by atoms with Crippen molar-refractivity contribution in [3.05, 3.63) is 53.9 Å². The van der Waals surface area contributed by atoms with E-state index in [1.807, 2.05) is 16.9 Å². The second-order valence-electron chi connectivity index (χ2n) is 5.17. The summed E-state index contributed by atoms with van der Waals surface area (Å²) in [5.41, 5.74) is 2.40. The van der Waals surface area contributed by atoms with Gasteiger partial charge in [-0.05, 0) is 18.6 Å². The average Bonchev–Trinajstić information content (AvgIpc) is 2.96. The Morgan fingerprint density at radius 2 is 2.10 bits per heavy atom. The molecule has 3 rings (SSSR count). The van der Waals surface area contributed by atoms with E-state index < -0.39 is 0 Å². The molecule has 0 amide bonds. The van der Waals surface area contributed by atoms with Crippen LogP contribution >= 0.6 is 0 Å². The summed E-state index contributed by atoms with van der Waals surface area (Å²) in [5, 5.41) is 4.55. The Morgan fingerprint density at radius 1 is 1.25 bits per heavy atom. The number of morpholine rings is 1. The molecule has 20 heavy (non-hydrogen) atoms. The number of hydrogen-bond donors (Lipinski definition) is 0. The van der Waals surface area contributed by atoms with Crippen LogP contribution in [-0.2, 0) is 17.8 Å². The highest BCUT2D eigenvalue weighted by atomic mass is 16.5. The van der Waals surface area contributed by atoms with Crippen LogP contribution < -0.4 is 0 Å². The van der Waals surface area contributed by atoms with Crippen LogP contribution in [0, 0.1) is 0 Å². The van der Waals surface area contributed by atoms with Crippen molar-refractivity contribution in [3.63, 3.8) is 0 Å². The largest absolute Gasteiger partial charge is 0.371 e. The van der Waals surface area contributed by atoms with E-state index in [0.29, 0.717) is 0 Å². The lowest BCUT2D eigenvalue weighted by atomic mass is 10.1. The van der Waals surface area contributed by atoms with Gasteiger partial charge in [-0.3, -0.25) is 9.58 Å². The number of benzene rings is 1. The molecule has 0 radical (unpaired) electrons. The highest BCUT2D eigenvalue weighted by Crippen LogP contribution is 2.22. The van der Waals surface area contributed by atoms with Crippen LogP contribution in [0.3, 0.4) is 0 Å². The molecule has 1 aliphatic rings. The number of nitrogens with zero attached hydrogens (tertiary/aromatic N) is 3. The summed E-state index contributed by atoms with van der Waals surface area (Å²) in [6.07, 6.45) is 2.22. The van der Waals surface area contributed by atoms with Gasteiger partial charge in [0.1, 0.15) is 0 Å². The minimum Gasteiger partial charge on any atom is -0.371 e. The quantitative estimate of drug-likeness (QED) is 0.856. The molecule has 2 aromatic rings. The van der Waals surface area contributed by atoms with Crippen molar-refractivity contribution in [2.45, 2.75) is 26.1 Å². The van der Waals surface area contributed by atoms with Gasteiger partial charge in [-0.15, -0.1) is 0 Å². The first kappa shape index (κ1) is 13.3. The van der Waals surface area contributed by atoms with Crippen molar-refractivity contribution in [2.24, 2.45) is 0 Å². The first-order valence-electron chi connectivity index (χ1n) is 7.26. The lowest BCUT2D eigenvalue weighted by molar-refractivity contribution is -0.0333. The van der Waals surface area contributed by atoms with Gasteiger partial charge in [-0.25, -0.2) is 0 Å². The molecule has 1 atom stereocenters. The second kappa shape index (κ2) is 6.20. The van der Waals surface area contributed by atoms with Crippen molar-refractivity contribution >= 4 is 0 Å². The van der Waals surface area contributed by atoms with Crippen LogP contribution in [0.2, 0.25) is 0 Å². The molecular formula is C16H21N3O. The fourth-order valence-corrected chi connectivity index (χ4v) is 2.61. The van der Waals surface area contributed by atoms with E-state index >= 15 is 0 Å². The molecule has 2 heterocycles. The Kier molecular flexibility index (Phi) is 4.14. The van der Waals surface area contributed by atoms with E-state index in [1.165, 1.54) is 5.56 Å². The molecule has 1 unspecified atom stereocenters. The molecule has 1 fully saturated rings. The molecule has 0 spiro atoms. The molecule has 0 bridgehead atoms. The first-order valence-corrected chi connectivity index (χ1v) is 7.26. The maximum atomic E-state index is 5.89. The number of ether oxygens (including phenoxy) is 1. The first-order chi connectivity index (χ1) is 9.85. The number of aryl methyl sites for hydroxylation is 1. The van der Waals surface area contributed by atoms with Gasteiger partial charge in [-0.2, -0.15) is 5.10 Å². The van der Waals surface area contributed by atoms with Gasteiger partial charge >= 0.3 is 0 Å². The van der Waals surface area contributed by atoms with Crippen LogP contribution in [0.15, 0.2) is 42.6 Å². The summed E-state index contributed by atoms with van der Waals surface area (Å²) in [4.78, 5) is 2.42. The van der Waals surface area contributed by atoms with E-state index in [-0.39, 0.29) is 6.10 Å². The van der Waals surface area contributed by atoms with Crippen LogP contribution in [0.4, 0.5) is 0 Å². The third-order valence-corrected chi connectivity index (χ3v) is 3.73. The van der Waals surface area contributed by atoms with Gasteiger partial charge in [0.25, 0.3) is 0 Å². The molecule has 4 nitrogen and oxygen atoms in total. The van der Waals surface area contributed by atoms with Crippen LogP contribution in [-0.4, -0.2) is 34.4 Å². The zero-order valence-electron chi connectivity index (χ0n) is 11.9. The third-order valence-electron chi connectivity index (χ3n) is 3.73. The van der Waals surface area contributed by atoms with Crippen LogP contribution in [0.5, 0.6) is 0 Å². The maximum Gasteiger partial charge on any atom is 0.0952 e. The topological polar surface area (TPSA) is 30.3 Å². The molecule has 1 aromatic carbocycles. The lowest BCUT2D eigenvalue weighted by Gasteiger charge is -2.32. The SMILES string of the molecule is CCn1ccc(CN2CCOC(c3ccccc3)C2)n1. The van der Waals surface area contributed by atoms with Crippen molar-refractivity contribution in [1.29, 1.82) is 0 Å². The fourth-order valence-electron chi connectivity index (χ4n) is 2.61. The minimum atomic E-state index is 0.179. The van der Waals surface area contributed by atoms with Crippen molar-refractivity contribution < 1.29 is 4.74 Å². The lowest BCUT2D eigenvalue weighted by Crippen LogP contribution is -2.37. The fraction of sp³-hybridized carbons (Fsp3) is 0.438. The summed E-state index contributed by atoms with van der Waals surface area (Å²) in [7, 11) is 0. The average molecular weight is 271 g/mol. The summed E-state index contributed by atoms with van der Waals surface area (Å²) >= 11 is 0. The molecule has 0 saturated carbocycles. The normalized spacial score (nSPS) is 20.1. The molecular weight excluding hydrogens is 250 g/mol. The zero-order chi connectivity index (χ0) is 13.8. The molecule has 1 aliphatic heterocycles. The van der Waals surface area contributed by atoms with Gasteiger partial charge in [0.2, 0.25) is 0 Å². The maximum absolute atomic E-state index is 5.89. The van der Waals surface area contributed by atoms with Gasteiger partial charge in [-0.1, -0.05) is 30.3 Å². The smallest absolute Gasteiger partial charge is 0.0952 e. The summed E-state index contributed by atoms with van der Waals surface area (Å²) in [5.74, 6) is 0. The monoisotopic (exact) mass is 271 g/mol. The van der Waals surface area contributed by atoms with Crippen molar-refractivity contribution in [3.8, 4) is 0 Å². The highest BCUT2D eigenvalue weighted by Gasteiger charge is 2.22. The Morgan fingerprint density at radius 3 is 2.85 bits per heavy atom. The Hall–Kier alpha value is -1.65. The molecule has 1 aromatic heterocycles. The predicted molar refractivity (Wildman–Crippen MR) is 78.3 cm³/mol. The number of aromatic nitrogens is 2. The number of hydrogen-bond acceptors (Lipinski definition) is 3.